The van der Waals surface area contributed by atoms with Crippen LogP contribution in [0.25, 0.3) is 0 Å². The molecule has 0 aromatic heterocycles. The number of amides is 2. The predicted octanol–water partition coefficient (Wildman–Crippen LogP) is 0.119. The second-order valence-electron chi connectivity index (χ2n) is 6.03. The number of nitrogens with one attached hydrogen (secondary N) is 1. The van der Waals surface area contributed by atoms with Gasteiger partial charge in [-0.3, -0.25) is 19.8 Å². The second-order valence-corrected chi connectivity index (χ2v) is 6.47. The molecule has 0 unspecified atom stereocenters. The van der Waals surface area contributed by atoms with Crippen molar-refractivity contribution in [2.24, 2.45) is 11.8 Å². The van der Waals surface area contributed by atoms with Gasteiger partial charge in [0.15, 0.2) is 5.54 Å². The molecule has 0 aliphatic carbocycles. The van der Waals surface area contributed by atoms with Gasteiger partial charge in [-0.05, 0) is 17.7 Å². The number of methoxy groups -OCH3 is 1. The minimum absolute atomic E-state index is 0.392. The van der Waals surface area contributed by atoms with Crippen molar-refractivity contribution in [1.82, 2.24) is 10.2 Å². The van der Waals surface area contributed by atoms with Crippen LogP contribution in [0.1, 0.15) is 11.6 Å². The van der Waals surface area contributed by atoms with Crippen molar-refractivity contribution < 1.29 is 24.2 Å². The molecule has 2 heterocycles. The Labute approximate surface area is 143 Å². The highest BCUT2D eigenvalue weighted by atomic mass is 35.5. The molecule has 1 aromatic rings. The molecule has 2 fully saturated rings. The van der Waals surface area contributed by atoms with Crippen LogP contribution in [0.4, 0.5) is 0 Å². The molecular weight excluding hydrogens is 336 g/mol. The van der Waals surface area contributed by atoms with Gasteiger partial charge in [-0.25, -0.2) is 4.79 Å². The number of hydrogen-bond donors (Lipinski definition) is 2. The van der Waals surface area contributed by atoms with Gasteiger partial charge in [-0.2, -0.15) is 0 Å². The Morgan fingerprint density at radius 2 is 1.96 bits per heavy atom. The van der Waals surface area contributed by atoms with Crippen LogP contribution in [-0.2, 0) is 19.1 Å². The van der Waals surface area contributed by atoms with Crippen LogP contribution in [0.15, 0.2) is 24.3 Å². The number of nitrogens with zero attached hydrogens (tertiary/aromatic N) is 1. The molecule has 0 radical (unpaired) electrons. The summed E-state index contributed by atoms with van der Waals surface area (Å²) in [5.74, 6) is -3.49. The number of benzene rings is 1. The maximum atomic E-state index is 12.6. The summed E-state index contributed by atoms with van der Waals surface area (Å²) in [5.41, 5.74) is -0.952. The molecule has 2 N–H and O–H groups in total. The van der Waals surface area contributed by atoms with Crippen molar-refractivity contribution in [2.75, 3.05) is 20.8 Å². The van der Waals surface area contributed by atoms with E-state index in [2.05, 4.69) is 5.32 Å². The zero-order valence-electron chi connectivity index (χ0n) is 13.2. The van der Waals surface area contributed by atoms with E-state index in [-0.39, 0.29) is 0 Å². The first-order valence-corrected chi connectivity index (χ1v) is 7.79. The Balaban J connectivity index is 2.12. The predicted molar refractivity (Wildman–Crippen MR) is 83.9 cm³/mol. The molecule has 0 spiro atoms. The fourth-order valence-corrected chi connectivity index (χ4v) is 3.81. The molecule has 3 rings (SSSR count). The number of carbonyl (C=O) groups excluding carboxylic acids is 3. The number of imide groups is 1. The van der Waals surface area contributed by atoms with Crippen LogP contribution in [0.2, 0.25) is 5.02 Å². The van der Waals surface area contributed by atoms with Crippen molar-refractivity contribution in [3.05, 3.63) is 34.9 Å². The Morgan fingerprint density at radius 3 is 2.50 bits per heavy atom. The van der Waals surface area contributed by atoms with E-state index < -0.39 is 47.8 Å². The Hall–Kier alpha value is -1.96. The van der Waals surface area contributed by atoms with E-state index in [0.29, 0.717) is 10.6 Å². The number of aliphatic hydroxyl groups excluding tert-OH is 1. The molecule has 2 amide bonds. The lowest BCUT2D eigenvalue weighted by atomic mass is 9.79. The highest BCUT2D eigenvalue weighted by Gasteiger charge is 2.68. The van der Waals surface area contributed by atoms with Crippen LogP contribution in [0.3, 0.4) is 0 Å². The van der Waals surface area contributed by atoms with Gasteiger partial charge in [0.25, 0.3) is 0 Å². The quantitative estimate of drug-likeness (QED) is 0.592. The number of aliphatic hydroxyl groups is 1. The van der Waals surface area contributed by atoms with Crippen LogP contribution in [0.5, 0.6) is 0 Å². The van der Waals surface area contributed by atoms with Gasteiger partial charge >= 0.3 is 5.97 Å². The molecule has 24 heavy (non-hydrogen) atoms. The third-order valence-corrected chi connectivity index (χ3v) is 5.15. The summed E-state index contributed by atoms with van der Waals surface area (Å²) < 4.78 is 4.79. The first-order valence-electron chi connectivity index (χ1n) is 7.41. The minimum Gasteiger partial charge on any atom is -0.468 e. The summed E-state index contributed by atoms with van der Waals surface area (Å²) in [6.07, 6.45) is 0. The van der Waals surface area contributed by atoms with Crippen molar-refractivity contribution in [3.8, 4) is 0 Å². The maximum absolute atomic E-state index is 12.6. The molecule has 8 heteroatoms. The lowest BCUT2D eigenvalue weighted by Crippen LogP contribution is -2.58. The van der Waals surface area contributed by atoms with Gasteiger partial charge in [0.05, 0.1) is 25.6 Å². The molecule has 2 aliphatic heterocycles. The monoisotopic (exact) mass is 352 g/mol. The lowest BCUT2D eigenvalue weighted by molar-refractivity contribution is -0.156. The average molecular weight is 353 g/mol. The van der Waals surface area contributed by atoms with Crippen LogP contribution in [-0.4, -0.2) is 54.1 Å². The molecule has 2 aliphatic rings. The molecule has 2 saturated heterocycles. The fourth-order valence-electron chi connectivity index (χ4n) is 3.68. The molecule has 4 atom stereocenters. The number of esters is 1. The summed E-state index contributed by atoms with van der Waals surface area (Å²) in [5, 5.41) is 13.4. The highest BCUT2D eigenvalue weighted by Crippen LogP contribution is 2.48. The van der Waals surface area contributed by atoms with E-state index in [9.17, 15) is 19.5 Å². The van der Waals surface area contributed by atoms with Crippen molar-refractivity contribution >= 4 is 29.4 Å². The highest BCUT2D eigenvalue weighted by molar-refractivity contribution is 6.30. The summed E-state index contributed by atoms with van der Waals surface area (Å²) in [4.78, 5) is 38.5. The van der Waals surface area contributed by atoms with Crippen molar-refractivity contribution in [2.45, 2.75) is 11.6 Å². The Morgan fingerprint density at radius 1 is 1.33 bits per heavy atom. The minimum atomic E-state index is -1.65. The average Bonchev–Trinajstić information content (AvgIpc) is 3.05. The van der Waals surface area contributed by atoms with Crippen LogP contribution in [0, 0.1) is 11.8 Å². The van der Waals surface area contributed by atoms with Gasteiger partial charge in [-0.1, -0.05) is 23.7 Å². The van der Waals surface area contributed by atoms with E-state index >= 15 is 0 Å². The number of halogens is 1. The van der Waals surface area contributed by atoms with Crippen LogP contribution >= 0.6 is 11.6 Å². The summed E-state index contributed by atoms with van der Waals surface area (Å²) in [6, 6.07) is 6.15. The summed E-state index contributed by atoms with van der Waals surface area (Å²) >= 11 is 5.90. The number of carbonyl (C=O) groups is 3. The number of ether oxygens (including phenoxy) is 1. The third-order valence-electron chi connectivity index (χ3n) is 4.90. The van der Waals surface area contributed by atoms with E-state index in [1.165, 1.54) is 14.2 Å². The normalized spacial score (nSPS) is 32.2. The van der Waals surface area contributed by atoms with Gasteiger partial charge in [-0.15, -0.1) is 0 Å². The number of hydrogen-bond acceptors (Lipinski definition) is 6. The third kappa shape index (κ3) is 2.16. The largest absolute Gasteiger partial charge is 0.468 e. The summed E-state index contributed by atoms with van der Waals surface area (Å²) in [7, 11) is 2.55. The smallest absolute Gasteiger partial charge is 0.329 e. The van der Waals surface area contributed by atoms with Gasteiger partial charge < -0.3 is 9.84 Å². The first-order chi connectivity index (χ1) is 11.4. The SMILES string of the molecule is COC(=O)[C@]1(CO)N[C@H](c2ccc(Cl)cc2)[C@@H]2C(=O)N(C)C(=O)[C@@H]21. The molecule has 128 valence electrons. The first kappa shape index (κ1) is 16.9. The Bertz CT molecular complexity index is 707. The van der Waals surface area contributed by atoms with Gasteiger partial charge in [0.2, 0.25) is 11.8 Å². The molecular formula is C16H17ClN2O5. The lowest BCUT2D eigenvalue weighted by Gasteiger charge is -2.29. The van der Waals surface area contributed by atoms with E-state index in [0.717, 1.165) is 4.90 Å². The van der Waals surface area contributed by atoms with Gasteiger partial charge in [0.1, 0.15) is 0 Å². The van der Waals surface area contributed by atoms with E-state index in [1.807, 2.05) is 0 Å². The van der Waals surface area contributed by atoms with Crippen molar-refractivity contribution in [3.63, 3.8) is 0 Å². The zero-order chi connectivity index (χ0) is 17.6. The van der Waals surface area contributed by atoms with Crippen molar-refractivity contribution in [1.29, 1.82) is 0 Å². The standard InChI is InChI=1S/C16H17ClN2O5/c1-19-13(21)10-11(14(19)22)16(7-20,15(23)24-2)18-12(10)8-3-5-9(17)6-4-8/h3-6,10-12,18,20H,7H2,1-2H3/t10-,11-,12-,16-/m1/s1. The second kappa shape index (κ2) is 5.84. The molecule has 7 nitrogen and oxygen atoms in total. The zero-order valence-corrected chi connectivity index (χ0v) is 13.9. The van der Waals surface area contributed by atoms with Gasteiger partial charge in [0, 0.05) is 18.1 Å². The van der Waals surface area contributed by atoms with Crippen LogP contribution < -0.4 is 5.32 Å². The fraction of sp³-hybridized carbons (Fsp3) is 0.438. The van der Waals surface area contributed by atoms with E-state index in [4.69, 9.17) is 16.3 Å². The topological polar surface area (TPSA) is 95.9 Å². The Kier molecular flexibility index (Phi) is 4.11. The molecule has 0 bridgehead atoms. The number of rotatable bonds is 3. The maximum Gasteiger partial charge on any atom is 0.329 e. The molecule has 1 aromatic carbocycles. The van der Waals surface area contributed by atoms with E-state index in [1.54, 1.807) is 24.3 Å². The number of likely N-dealkylation sites (tertiary alicyclic amines) is 1. The summed E-state index contributed by atoms with van der Waals surface area (Å²) in [6.45, 7) is -0.655. The number of fused-ring (bicyclic) bond motifs is 1. The molecule has 0 saturated carbocycles.